The summed E-state index contributed by atoms with van der Waals surface area (Å²) < 4.78 is 51.3. The molecule has 1 aromatic heterocycles. The molecule has 6 nitrogen and oxygen atoms in total. The van der Waals surface area contributed by atoms with Crippen molar-refractivity contribution in [1.29, 1.82) is 0 Å². The maximum Gasteiger partial charge on any atom is 0.289 e. The molecule has 1 amide bonds. The Kier molecular flexibility index (Phi) is 4.07. The van der Waals surface area contributed by atoms with Gasteiger partial charge < -0.3 is 9.32 Å². The summed E-state index contributed by atoms with van der Waals surface area (Å²) in [5, 5.41) is 4.90. The fourth-order valence-corrected chi connectivity index (χ4v) is 2.04. The van der Waals surface area contributed by atoms with Crippen LogP contribution >= 0.6 is 0 Å². The number of sulfonamides is 1. The molecule has 18 heavy (non-hydrogen) atoms. The van der Waals surface area contributed by atoms with E-state index in [1.807, 2.05) is 0 Å². The van der Waals surface area contributed by atoms with Gasteiger partial charge in [-0.3, -0.25) is 4.79 Å². The van der Waals surface area contributed by atoms with Crippen molar-refractivity contribution in [3.8, 4) is 0 Å². The fraction of sp³-hybridized carbons (Fsp3) is 0.444. The molecule has 2 N–H and O–H groups in total. The zero-order chi connectivity index (χ0) is 14.1. The van der Waals surface area contributed by atoms with Gasteiger partial charge >= 0.3 is 0 Å². The van der Waals surface area contributed by atoms with Crippen molar-refractivity contribution in [2.75, 3.05) is 13.6 Å². The Bertz CT molecular complexity index is 553. The number of carbonyl (C=O) groups is 1. The molecule has 0 spiro atoms. The number of primary sulfonamides is 1. The quantitative estimate of drug-likeness (QED) is 0.873. The van der Waals surface area contributed by atoms with Gasteiger partial charge in [0.25, 0.3) is 12.3 Å². The number of nitrogens with zero attached hydrogens (tertiary/aromatic N) is 1. The Morgan fingerprint density at radius 3 is 2.50 bits per heavy atom. The minimum Gasteiger partial charge on any atom is -0.455 e. The van der Waals surface area contributed by atoms with Crippen molar-refractivity contribution >= 4 is 15.9 Å². The minimum absolute atomic E-state index is 0.0636. The fourth-order valence-electron chi connectivity index (χ4n) is 1.33. The van der Waals surface area contributed by atoms with Crippen LogP contribution in [0.25, 0.3) is 0 Å². The predicted octanol–water partition coefficient (Wildman–Crippen LogP) is 0.573. The molecule has 0 saturated heterocycles. The van der Waals surface area contributed by atoms with Gasteiger partial charge in [0.1, 0.15) is 10.7 Å². The van der Waals surface area contributed by atoms with E-state index in [0.29, 0.717) is 0 Å². The van der Waals surface area contributed by atoms with Crippen LogP contribution in [0.15, 0.2) is 15.4 Å². The summed E-state index contributed by atoms with van der Waals surface area (Å²) in [5.41, 5.74) is 0. The van der Waals surface area contributed by atoms with Gasteiger partial charge in [-0.15, -0.1) is 0 Å². The molecule has 1 rings (SSSR count). The third kappa shape index (κ3) is 3.26. The zero-order valence-electron chi connectivity index (χ0n) is 9.68. The molecule has 0 aliphatic carbocycles. The molecule has 102 valence electrons. The van der Waals surface area contributed by atoms with Crippen LogP contribution in [-0.4, -0.2) is 39.2 Å². The van der Waals surface area contributed by atoms with E-state index in [1.54, 1.807) is 0 Å². The third-order valence-corrected chi connectivity index (χ3v) is 3.17. The monoisotopic (exact) mass is 282 g/mol. The lowest BCUT2D eigenvalue weighted by molar-refractivity contribution is 0.0592. The van der Waals surface area contributed by atoms with E-state index in [2.05, 4.69) is 0 Å². The predicted molar refractivity (Wildman–Crippen MR) is 57.8 cm³/mol. The van der Waals surface area contributed by atoms with E-state index >= 15 is 0 Å². The van der Waals surface area contributed by atoms with Gasteiger partial charge in [-0.1, -0.05) is 0 Å². The number of rotatable bonds is 4. The zero-order valence-corrected chi connectivity index (χ0v) is 10.5. The van der Waals surface area contributed by atoms with Crippen molar-refractivity contribution in [2.45, 2.75) is 18.2 Å². The SMILES string of the molecule is Cc1oc(C(=O)N(C)CC(F)F)cc1S(N)(=O)=O. The maximum absolute atomic E-state index is 12.1. The third-order valence-electron chi connectivity index (χ3n) is 2.15. The van der Waals surface area contributed by atoms with Gasteiger partial charge in [-0.25, -0.2) is 22.3 Å². The van der Waals surface area contributed by atoms with Crippen LogP contribution in [0, 0.1) is 6.92 Å². The molecule has 0 saturated carbocycles. The van der Waals surface area contributed by atoms with Gasteiger partial charge in [0.15, 0.2) is 5.76 Å². The summed E-state index contributed by atoms with van der Waals surface area (Å²) in [5.74, 6) is -1.25. The average molecular weight is 282 g/mol. The van der Waals surface area contributed by atoms with E-state index in [0.717, 1.165) is 18.0 Å². The highest BCUT2D eigenvalue weighted by Gasteiger charge is 2.24. The molecule has 0 unspecified atom stereocenters. The molecular weight excluding hydrogens is 270 g/mol. The smallest absolute Gasteiger partial charge is 0.289 e. The largest absolute Gasteiger partial charge is 0.455 e. The second-order valence-corrected chi connectivity index (χ2v) is 5.18. The van der Waals surface area contributed by atoms with Crippen molar-refractivity contribution < 1.29 is 26.4 Å². The minimum atomic E-state index is -4.01. The second-order valence-electron chi connectivity index (χ2n) is 3.65. The van der Waals surface area contributed by atoms with Crippen LogP contribution in [-0.2, 0) is 10.0 Å². The van der Waals surface area contributed by atoms with Gasteiger partial charge in [-0.05, 0) is 6.92 Å². The first-order valence-electron chi connectivity index (χ1n) is 4.79. The maximum atomic E-state index is 12.1. The van der Waals surface area contributed by atoms with Crippen molar-refractivity contribution in [3.05, 3.63) is 17.6 Å². The first-order valence-corrected chi connectivity index (χ1v) is 6.34. The molecule has 9 heteroatoms. The van der Waals surface area contributed by atoms with Crippen molar-refractivity contribution in [1.82, 2.24) is 4.90 Å². The van der Waals surface area contributed by atoms with E-state index in [-0.39, 0.29) is 16.4 Å². The Morgan fingerprint density at radius 2 is 2.11 bits per heavy atom. The molecule has 0 fully saturated rings. The van der Waals surface area contributed by atoms with Gasteiger partial charge in [0.05, 0.1) is 6.54 Å². The summed E-state index contributed by atoms with van der Waals surface area (Å²) >= 11 is 0. The van der Waals surface area contributed by atoms with E-state index < -0.39 is 28.9 Å². The van der Waals surface area contributed by atoms with Crippen LogP contribution in [0.5, 0.6) is 0 Å². The Balaban J connectivity index is 3.02. The highest BCUT2D eigenvalue weighted by molar-refractivity contribution is 7.89. The van der Waals surface area contributed by atoms with Gasteiger partial charge in [0, 0.05) is 13.1 Å². The second kappa shape index (κ2) is 5.02. The number of hydrogen-bond donors (Lipinski definition) is 1. The number of hydrogen-bond acceptors (Lipinski definition) is 4. The Hall–Kier alpha value is -1.48. The first-order chi connectivity index (χ1) is 8.12. The molecule has 0 aliphatic heterocycles. The van der Waals surface area contributed by atoms with Crippen LogP contribution in [0.2, 0.25) is 0 Å². The molecule has 0 bridgehead atoms. The van der Waals surface area contributed by atoms with Crippen LogP contribution in [0.1, 0.15) is 16.3 Å². The number of carbonyl (C=O) groups excluding carboxylic acids is 1. The lowest BCUT2D eigenvalue weighted by Gasteiger charge is -2.14. The molecule has 1 aromatic rings. The van der Waals surface area contributed by atoms with Crippen molar-refractivity contribution in [2.24, 2.45) is 5.14 Å². The normalized spacial score (nSPS) is 11.9. The number of furan rings is 1. The molecule has 0 atom stereocenters. The van der Waals surface area contributed by atoms with Crippen LogP contribution < -0.4 is 5.14 Å². The summed E-state index contributed by atoms with van der Waals surface area (Å²) in [6.45, 7) is 0.535. The average Bonchev–Trinajstić information content (AvgIpc) is 2.57. The number of nitrogens with two attached hydrogens (primary N) is 1. The number of amides is 1. The molecule has 0 aliphatic rings. The van der Waals surface area contributed by atoms with Crippen molar-refractivity contribution in [3.63, 3.8) is 0 Å². The van der Waals surface area contributed by atoms with Crippen LogP contribution in [0.4, 0.5) is 8.78 Å². The Labute approximate surface area is 102 Å². The van der Waals surface area contributed by atoms with E-state index in [1.165, 1.54) is 6.92 Å². The van der Waals surface area contributed by atoms with E-state index in [4.69, 9.17) is 9.56 Å². The van der Waals surface area contributed by atoms with Crippen LogP contribution in [0.3, 0.4) is 0 Å². The highest BCUT2D eigenvalue weighted by Crippen LogP contribution is 2.19. The summed E-state index contributed by atoms with van der Waals surface area (Å²) in [7, 11) is -2.85. The topological polar surface area (TPSA) is 93.6 Å². The van der Waals surface area contributed by atoms with Gasteiger partial charge in [0.2, 0.25) is 10.0 Å². The summed E-state index contributed by atoms with van der Waals surface area (Å²) in [6, 6.07) is 0.926. The molecular formula is C9H12F2N2O4S. The standard InChI is InChI=1S/C9H12F2N2O4S/c1-5-7(18(12,15)16)3-6(17-5)9(14)13(2)4-8(10)11/h3,8H,4H2,1-2H3,(H2,12,15,16). The first kappa shape index (κ1) is 14.6. The van der Waals surface area contributed by atoms with Gasteiger partial charge in [-0.2, -0.15) is 0 Å². The highest BCUT2D eigenvalue weighted by atomic mass is 32.2. The number of aryl methyl sites for hydroxylation is 1. The lowest BCUT2D eigenvalue weighted by atomic mass is 10.4. The van der Waals surface area contributed by atoms with E-state index in [9.17, 15) is 22.0 Å². The molecule has 1 heterocycles. The lowest BCUT2D eigenvalue weighted by Crippen LogP contribution is -2.31. The number of halogens is 2. The summed E-state index contributed by atoms with van der Waals surface area (Å²) in [6.07, 6.45) is -2.69. The Morgan fingerprint density at radius 1 is 1.56 bits per heavy atom. The summed E-state index contributed by atoms with van der Waals surface area (Å²) in [4.78, 5) is 12.0. The molecule has 0 aromatic carbocycles. The molecule has 0 radical (unpaired) electrons. The number of alkyl halides is 2.